The average Bonchev–Trinajstić information content (AvgIpc) is 2.72. The van der Waals surface area contributed by atoms with E-state index < -0.39 is 0 Å². The van der Waals surface area contributed by atoms with Gasteiger partial charge in [0.2, 0.25) is 0 Å². The van der Waals surface area contributed by atoms with E-state index in [9.17, 15) is 4.79 Å². The molecule has 1 aromatic heterocycles. The molecule has 2 rings (SSSR count). The Hall–Kier alpha value is -1.01. The molecule has 0 spiro atoms. The van der Waals surface area contributed by atoms with Crippen molar-refractivity contribution in [2.75, 3.05) is 13.1 Å². The second kappa shape index (κ2) is 4.47. The van der Waals surface area contributed by atoms with Crippen LogP contribution in [-0.2, 0) is 0 Å². The number of aromatic nitrogens is 2. The molecule has 0 saturated carbocycles. The van der Waals surface area contributed by atoms with E-state index in [0.29, 0.717) is 5.69 Å². The Morgan fingerprint density at radius 3 is 3.29 bits per heavy atom. The maximum Gasteiger partial charge on any atom is 0.272 e. The van der Waals surface area contributed by atoms with Gasteiger partial charge in [-0.3, -0.25) is 4.79 Å². The molecule has 1 aromatic rings. The first-order valence-corrected chi connectivity index (χ1v) is 5.48. The lowest BCUT2D eigenvalue weighted by molar-refractivity contribution is 0.0925. The first-order valence-electron chi connectivity index (χ1n) is 4.65. The standard InChI is InChI=1S/C8H12N4OS/c13-8(7-5-14-12-11-7)10-6-2-1-3-9-4-6/h5-6,9H,1-4H2,(H,10,13)/t6-/m0/s1. The number of piperidine rings is 1. The zero-order valence-electron chi connectivity index (χ0n) is 7.69. The summed E-state index contributed by atoms with van der Waals surface area (Å²) < 4.78 is 3.65. The highest BCUT2D eigenvalue weighted by molar-refractivity contribution is 7.03. The van der Waals surface area contributed by atoms with E-state index in [1.54, 1.807) is 5.38 Å². The van der Waals surface area contributed by atoms with Crippen LogP contribution in [0.25, 0.3) is 0 Å². The predicted octanol–water partition coefficient (Wildman–Crippen LogP) is 0.0199. The molecule has 0 aliphatic carbocycles. The van der Waals surface area contributed by atoms with Crippen LogP contribution in [0.4, 0.5) is 0 Å². The molecule has 0 unspecified atom stereocenters. The Bertz CT molecular complexity index is 294. The summed E-state index contributed by atoms with van der Waals surface area (Å²) in [5.41, 5.74) is 0.417. The van der Waals surface area contributed by atoms with Crippen LogP contribution in [0.5, 0.6) is 0 Å². The van der Waals surface area contributed by atoms with Crippen molar-refractivity contribution in [2.45, 2.75) is 18.9 Å². The van der Waals surface area contributed by atoms with Gasteiger partial charge in [0, 0.05) is 18.0 Å². The number of nitrogens with zero attached hydrogens (tertiary/aromatic N) is 2. The van der Waals surface area contributed by atoms with Gasteiger partial charge in [0.25, 0.3) is 5.91 Å². The maximum absolute atomic E-state index is 11.5. The number of hydrogen-bond donors (Lipinski definition) is 2. The van der Waals surface area contributed by atoms with Crippen LogP contribution >= 0.6 is 11.5 Å². The Morgan fingerprint density at radius 2 is 2.64 bits per heavy atom. The third-order valence-corrected chi connectivity index (χ3v) is 2.73. The molecule has 5 nitrogen and oxygen atoms in total. The van der Waals surface area contributed by atoms with Crippen LogP contribution in [0, 0.1) is 0 Å². The van der Waals surface area contributed by atoms with Gasteiger partial charge in [-0.25, -0.2) is 0 Å². The zero-order valence-corrected chi connectivity index (χ0v) is 8.51. The highest BCUT2D eigenvalue weighted by Gasteiger charge is 2.17. The van der Waals surface area contributed by atoms with E-state index in [0.717, 1.165) is 25.9 Å². The lowest BCUT2D eigenvalue weighted by Gasteiger charge is -2.23. The fourth-order valence-corrected chi connectivity index (χ4v) is 1.93. The van der Waals surface area contributed by atoms with Crippen LogP contribution in [0.1, 0.15) is 23.3 Å². The summed E-state index contributed by atoms with van der Waals surface area (Å²) in [4.78, 5) is 11.5. The lowest BCUT2D eigenvalue weighted by Crippen LogP contribution is -2.45. The molecule has 0 bridgehead atoms. The second-order valence-corrected chi connectivity index (χ2v) is 3.92. The maximum atomic E-state index is 11.5. The number of nitrogens with one attached hydrogen (secondary N) is 2. The molecule has 0 radical (unpaired) electrons. The minimum atomic E-state index is -0.118. The first kappa shape index (κ1) is 9.54. The molecule has 2 N–H and O–H groups in total. The largest absolute Gasteiger partial charge is 0.347 e. The van der Waals surface area contributed by atoms with Gasteiger partial charge < -0.3 is 10.6 Å². The fourth-order valence-electron chi connectivity index (χ4n) is 1.50. The van der Waals surface area contributed by atoms with Crippen molar-refractivity contribution >= 4 is 17.4 Å². The first-order chi connectivity index (χ1) is 6.86. The smallest absolute Gasteiger partial charge is 0.272 e. The van der Waals surface area contributed by atoms with Gasteiger partial charge in [-0.2, -0.15) is 0 Å². The minimum absolute atomic E-state index is 0.118. The molecule has 1 saturated heterocycles. The van der Waals surface area contributed by atoms with E-state index in [4.69, 9.17) is 0 Å². The summed E-state index contributed by atoms with van der Waals surface area (Å²) >= 11 is 1.19. The molecule has 0 aromatic carbocycles. The van der Waals surface area contributed by atoms with E-state index in [-0.39, 0.29) is 11.9 Å². The van der Waals surface area contributed by atoms with Gasteiger partial charge in [-0.15, -0.1) is 5.10 Å². The summed E-state index contributed by atoms with van der Waals surface area (Å²) in [7, 11) is 0. The highest BCUT2D eigenvalue weighted by atomic mass is 32.1. The van der Waals surface area contributed by atoms with Gasteiger partial charge in [0.05, 0.1) is 0 Å². The Balaban J connectivity index is 1.87. The summed E-state index contributed by atoms with van der Waals surface area (Å²) in [6.07, 6.45) is 2.15. The van der Waals surface area contributed by atoms with Crippen LogP contribution < -0.4 is 10.6 Å². The topological polar surface area (TPSA) is 66.9 Å². The quantitative estimate of drug-likeness (QED) is 0.725. The number of carbonyl (C=O) groups is 1. The highest BCUT2D eigenvalue weighted by Crippen LogP contribution is 2.03. The molecule has 1 aliphatic heterocycles. The van der Waals surface area contributed by atoms with E-state index >= 15 is 0 Å². The zero-order chi connectivity index (χ0) is 9.80. The summed E-state index contributed by atoms with van der Waals surface area (Å²) in [6, 6.07) is 0.234. The molecule has 1 aliphatic rings. The van der Waals surface area contributed by atoms with Crippen LogP contribution in [0.15, 0.2) is 5.38 Å². The SMILES string of the molecule is O=C(N[C@H]1CCCNC1)c1csnn1. The molecular formula is C8H12N4OS. The van der Waals surface area contributed by atoms with Crippen molar-refractivity contribution in [2.24, 2.45) is 0 Å². The molecule has 1 atom stereocenters. The molecular weight excluding hydrogens is 200 g/mol. The number of carbonyl (C=O) groups excluding carboxylic acids is 1. The van der Waals surface area contributed by atoms with Gasteiger partial charge in [0.15, 0.2) is 5.69 Å². The van der Waals surface area contributed by atoms with Gasteiger partial charge in [-0.1, -0.05) is 4.49 Å². The molecule has 6 heteroatoms. The average molecular weight is 212 g/mol. The number of rotatable bonds is 2. The summed E-state index contributed by atoms with van der Waals surface area (Å²) in [6.45, 7) is 1.90. The third-order valence-electron chi connectivity index (χ3n) is 2.22. The van der Waals surface area contributed by atoms with Crippen LogP contribution in [0.2, 0.25) is 0 Å². The van der Waals surface area contributed by atoms with Crippen molar-refractivity contribution in [3.63, 3.8) is 0 Å². The Kier molecular flexibility index (Phi) is 3.05. The third kappa shape index (κ3) is 2.27. The van der Waals surface area contributed by atoms with E-state index in [1.165, 1.54) is 11.5 Å². The molecule has 76 valence electrons. The second-order valence-electron chi connectivity index (χ2n) is 3.31. The van der Waals surface area contributed by atoms with E-state index in [2.05, 4.69) is 20.2 Å². The summed E-state index contributed by atoms with van der Waals surface area (Å²) in [5.74, 6) is -0.118. The van der Waals surface area contributed by atoms with Crippen LogP contribution in [0.3, 0.4) is 0 Å². The monoisotopic (exact) mass is 212 g/mol. The van der Waals surface area contributed by atoms with Gasteiger partial charge in [0.1, 0.15) is 0 Å². The van der Waals surface area contributed by atoms with Crippen LogP contribution in [-0.4, -0.2) is 34.6 Å². The molecule has 1 amide bonds. The van der Waals surface area contributed by atoms with Gasteiger partial charge in [-0.05, 0) is 30.9 Å². The fraction of sp³-hybridized carbons (Fsp3) is 0.625. The number of amides is 1. The van der Waals surface area contributed by atoms with Crippen molar-refractivity contribution in [1.82, 2.24) is 20.2 Å². The Morgan fingerprint density at radius 1 is 1.71 bits per heavy atom. The molecule has 2 heterocycles. The van der Waals surface area contributed by atoms with E-state index in [1.807, 2.05) is 0 Å². The minimum Gasteiger partial charge on any atom is -0.347 e. The number of hydrogen-bond acceptors (Lipinski definition) is 5. The molecule has 1 fully saturated rings. The van der Waals surface area contributed by atoms with Crippen molar-refractivity contribution in [1.29, 1.82) is 0 Å². The van der Waals surface area contributed by atoms with Crippen molar-refractivity contribution in [3.05, 3.63) is 11.1 Å². The Labute approximate surface area is 86.1 Å². The lowest BCUT2D eigenvalue weighted by atomic mass is 10.1. The van der Waals surface area contributed by atoms with Crippen molar-refractivity contribution < 1.29 is 4.79 Å². The molecule has 14 heavy (non-hydrogen) atoms. The van der Waals surface area contributed by atoms with Gasteiger partial charge >= 0.3 is 0 Å². The normalized spacial score (nSPS) is 21.9. The van der Waals surface area contributed by atoms with Crippen molar-refractivity contribution in [3.8, 4) is 0 Å². The summed E-state index contributed by atoms with van der Waals surface area (Å²) in [5, 5.41) is 11.5. The predicted molar refractivity (Wildman–Crippen MR) is 53.3 cm³/mol.